The topological polar surface area (TPSA) is 15.3 Å². The van der Waals surface area contributed by atoms with Crippen molar-refractivity contribution in [3.8, 4) is 0 Å². The molecule has 0 aromatic heterocycles. The summed E-state index contributed by atoms with van der Waals surface area (Å²) in [5.74, 6) is 0.586. The second kappa shape index (κ2) is 5.98. The van der Waals surface area contributed by atoms with E-state index in [9.17, 15) is 0 Å². The highest BCUT2D eigenvalue weighted by Gasteiger charge is 2.31. The van der Waals surface area contributed by atoms with Crippen molar-refractivity contribution in [3.05, 3.63) is 59.1 Å². The molecule has 2 aromatic rings. The summed E-state index contributed by atoms with van der Waals surface area (Å²) in [6, 6.07) is 17.2. The lowest BCUT2D eigenvalue weighted by molar-refractivity contribution is 0.374. The Hall–Kier alpha value is -1.67. The van der Waals surface area contributed by atoms with E-state index in [2.05, 4.69) is 60.7 Å². The van der Waals surface area contributed by atoms with Gasteiger partial charge in [0.1, 0.15) is 0 Å². The largest absolute Gasteiger partial charge is 0.381 e. The van der Waals surface area contributed by atoms with Crippen LogP contribution in [-0.2, 0) is 0 Å². The van der Waals surface area contributed by atoms with Gasteiger partial charge in [0, 0.05) is 25.2 Å². The first-order chi connectivity index (χ1) is 10.1. The number of hydrogen-bond donors (Lipinski definition) is 1. The molecule has 3 heteroatoms. The summed E-state index contributed by atoms with van der Waals surface area (Å²) in [6.45, 7) is 0. The normalized spacial score (nSPS) is 20.7. The Labute approximate surface area is 131 Å². The first-order valence-electron chi connectivity index (χ1n) is 7.42. The molecule has 3 rings (SSSR count). The van der Waals surface area contributed by atoms with E-state index < -0.39 is 0 Å². The van der Waals surface area contributed by atoms with Crippen LogP contribution in [0.3, 0.4) is 0 Å². The minimum absolute atomic E-state index is 0.535. The van der Waals surface area contributed by atoms with E-state index >= 15 is 0 Å². The molecular weight excluding hydrogens is 280 g/mol. The van der Waals surface area contributed by atoms with Crippen LogP contribution in [0.4, 0.5) is 11.4 Å². The monoisotopic (exact) mass is 300 g/mol. The maximum absolute atomic E-state index is 6.28. The number of hydrogen-bond acceptors (Lipinski definition) is 2. The molecule has 0 atom stereocenters. The summed E-state index contributed by atoms with van der Waals surface area (Å²) in [5.41, 5.74) is 3.74. The highest BCUT2D eigenvalue weighted by molar-refractivity contribution is 6.31. The number of benzene rings is 2. The van der Waals surface area contributed by atoms with E-state index in [1.165, 1.54) is 16.9 Å². The predicted molar refractivity (Wildman–Crippen MR) is 91.6 cm³/mol. The lowest BCUT2D eigenvalue weighted by Crippen LogP contribution is -2.34. The van der Waals surface area contributed by atoms with Crippen molar-refractivity contribution in [1.82, 2.24) is 0 Å². The van der Waals surface area contributed by atoms with Gasteiger partial charge in [-0.3, -0.25) is 0 Å². The third-order valence-corrected chi connectivity index (χ3v) is 4.57. The molecule has 2 nitrogen and oxygen atoms in total. The van der Waals surface area contributed by atoms with Crippen molar-refractivity contribution < 1.29 is 0 Å². The van der Waals surface area contributed by atoms with Gasteiger partial charge in [0.15, 0.2) is 0 Å². The Kier molecular flexibility index (Phi) is 4.07. The van der Waals surface area contributed by atoms with Gasteiger partial charge in [0.25, 0.3) is 0 Å². The van der Waals surface area contributed by atoms with Gasteiger partial charge in [-0.25, -0.2) is 0 Å². The molecular formula is C18H21ClN2. The number of anilines is 2. The number of nitrogens with one attached hydrogen (secondary N) is 1. The van der Waals surface area contributed by atoms with Gasteiger partial charge < -0.3 is 10.2 Å². The summed E-state index contributed by atoms with van der Waals surface area (Å²) in [5, 5.41) is 4.56. The maximum Gasteiger partial charge on any atom is 0.0596 e. The molecule has 0 aliphatic heterocycles. The molecule has 1 N–H and O–H groups in total. The molecule has 1 aliphatic carbocycles. The molecule has 0 unspecified atom stereocenters. The number of halogens is 1. The molecule has 0 bridgehead atoms. The Morgan fingerprint density at radius 3 is 2.38 bits per heavy atom. The molecule has 21 heavy (non-hydrogen) atoms. The summed E-state index contributed by atoms with van der Waals surface area (Å²) < 4.78 is 0. The van der Waals surface area contributed by atoms with Crippen LogP contribution >= 0.6 is 11.6 Å². The molecule has 1 saturated carbocycles. The quantitative estimate of drug-likeness (QED) is 0.875. The van der Waals surface area contributed by atoms with E-state index in [0.717, 1.165) is 17.9 Å². The molecule has 1 aliphatic rings. The molecule has 0 heterocycles. The minimum Gasteiger partial charge on any atom is -0.381 e. The van der Waals surface area contributed by atoms with Crippen molar-refractivity contribution in [1.29, 1.82) is 0 Å². The number of nitrogens with zero attached hydrogens (tertiary/aromatic N) is 1. The Bertz CT molecular complexity index is 618. The zero-order valence-electron chi connectivity index (χ0n) is 12.5. The van der Waals surface area contributed by atoms with Gasteiger partial charge in [-0.15, -0.1) is 0 Å². The van der Waals surface area contributed by atoms with E-state index in [-0.39, 0.29) is 0 Å². The maximum atomic E-state index is 6.28. The van der Waals surface area contributed by atoms with Crippen LogP contribution in [-0.4, -0.2) is 20.1 Å². The van der Waals surface area contributed by atoms with Crippen molar-refractivity contribution in [2.75, 3.05) is 24.3 Å². The highest BCUT2D eigenvalue weighted by Crippen LogP contribution is 2.41. The SMILES string of the molecule is CN(C)c1ccccc1NC1CC(c2ccccc2Cl)C1. The van der Waals surface area contributed by atoms with Crippen LogP contribution in [0.2, 0.25) is 5.02 Å². The molecule has 1 fully saturated rings. The molecule has 110 valence electrons. The van der Waals surface area contributed by atoms with Crippen LogP contribution in [0.1, 0.15) is 24.3 Å². The first kappa shape index (κ1) is 14.3. The van der Waals surface area contributed by atoms with E-state index in [4.69, 9.17) is 11.6 Å². The summed E-state index contributed by atoms with van der Waals surface area (Å²) in [7, 11) is 4.15. The van der Waals surface area contributed by atoms with Crippen molar-refractivity contribution in [3.63, 3.8) is 0 Å². The lowest BCUT2D eigenvalue weighted by Gasteiger charge is -2.38. The minimum atomic E-state index is 0.535. The highest BCUT2D eigenvalue weighted by atomic mass is 35.5. The van der Waals surface area contributed by atoms with Gasteiger partial charge in [-0.2, -0.15) is 0 Å². The Balaban J connectivity index is 1.64. The smallest absolute Gasteiger partial charge is 0.0596 e. The summed E-state index contributed by atoms with van der Waals surface area (Å²) in [6.07, 6.45) is 2.29. The van der Waals surface area contributed by atoms with Gasteiger partial charge in [0.2, 0.25) is 0 Å². The summed E-state index contributed by atoms with van der Waals surface area (Å²) >= 11 is 6.28. The molecule has 0 radical (unpaired) electrons. The second-order valence-corrected chi connectivity index (χ2v) is 6.35. The van der Waals surface area contributed by atoms with Crippen molar-refractivity contribution in [2.24, 2.45) is 0 Å². The van der Waals surface area contributed by atoms with Crippen molar-refractivity contribution in [2.45, 2.75) is 24.8 Å². The van der Waals surface area contributed by atoms with E-state index in [0.29, 0.717) is 12.0 Å². The van der Waals surface area contributed by atoms with Gasteiger partial charge in [-0.05, 0) is 42.5 Å². The number of rotatable bonds is 4. The fourth-order valence-electron chi connectivity index (χ4n) is 3.00. The Morgan fingerprint density at radius 2 is 1.67 bits per heavy atom. The third-order valence-electron chi connectivity index (χ3n) is 4.23. The lowest BCUT2D eigenvalue weighted by atomic mass is 9.75. The number of para-hydroxylation sites is 2. The van der Waals surface area contributed by atoms with Gasteiger partial charge in [-0.1, -0.05) is 41.9 Å². The zero-order chi connectivity index (χ0) is 14.8. The summed E-state index contributed by atoms with van der Waals surface area (Å²) in [4.78, 5) is 2.15. The van der Waals surface area contributed by atoms with Gasteiger partial charge in [0.05, 0.1) is 11.4 Å². The average molecular weight is 301 g/mol. The van der Waals surface area contributed by atoms with E-state index in [1.807, 2.05) is 12.1 Å². The molecule has 0 amide bonds. The van der Waals surface area contributed by atoms with Crippen LogP contribution in [0, 0.1) is 0 Å². The van der Waals surface area contributed by atoms with Crippen LogP contribution in [0.5, 0.6) is 0 Å². The standard InChI is InChI=1S/C18H21ClN2/c1-21(2)18-10-6-5-9-17(18)20-14-11-13(12-14)15-7-3-4-8-16(15)19/h3-10,13-14,20H,11-12H2,1-2H3. The molecule has 0 saturated heterocycles. The van der Waals surface area contributed by atoms with E-state index in [1.54, 1.807) is 0 Å². The third kappa shape index (κ3) is 3.01. The van der Waals surface area contributed by atoms with Crippen LogP contribution in [0.15, 0.2) is 48.5 Å². The second-order valence-electron chi connectivity index (χ2n) is 5.94. The van der Waals surface area contributed by atoms with Crippen molar-refractivity contribution >= 4 is 23.0 Å². The zero-order valence-corrected chi connectivity index (χ0v) is 13.3. The molecule has 2 aromatic carbocycles. The molecule has 0 spiro atoms. The van der Waals surface area contributed by atoms with Crippen LogP contribution in [0.25, 0.3) is 0 Å². The first-order valence-corrected chi connectivity index (χ1v) is 7.80. The fraction of sp³-hybridized carbons (Fsp3) is 0.333. The average Bonchev–Trinajstić information content (AvgIpc) is 2.44. The van der Waals surface area contributed by atoms with Crippen LogP contribution < -0.4 is 10.2 Å². The predicted octanol–water partition coefficient (Wildman–Crippen LogP) is 4.76. The van der Waals surface area contributed by atoms with Gasteiger partial charge >= 0.3 is 0 Å². The fourth-order valence-corrected chi connectivity index (χ4v) is 3.29. The Morgan fingerprint density at radius 1 is 1.00 bits per heavy atom.